The number of rotatable bonds is 2. The van der Waals surface area contributed by atoms with Gasteiger partial charge < -0.3 is 0 Å². The largest absolute Gasteiger partial charge is 0.427 e. The Morgan fingerprint density at radius 2 is 1.94 bits per heavy atom. The van der Waals surface area contributed by atoms with Gasteiger partial charge in [0.1, 0.15) is 0 Å². The van der Waals surface area contributed by atoms with Crippen LogP contribution in [0, 0.1) is 0 Å². The summed E-state index contributed by atoms with van der Waals surface area (Å²) in [5.41, 5.74) is 0.623. The first-order valence-corrected chi connectivity index (χ1v) is 8.68. The molecule has 0 aliphatic carbocycles. The number of nitrogens with zero attached hydrogens (tertiary/aromatic N) is 1. The zero-order valence-corrected chi connectivity index (χ0v) is 10.7. The van der Waals surface area contributed by atoms with Crippen LogP contribution < -0.4 is 15.5 Å². The molecule has 4 nitrogen and oxygen atoms in total. The summed E-state index contributed by atoms with van der Waals surface area (Å²) in [7, 11) is -1.44. The predicted octanol–water partition coefficient (Wildman–Crippen LogP) is 0.790. The number of aromatic amines is 1. The maximum atomic E-state index is 11.0. The normalized spacial score (nSPS) is 11.7. The standard InChI is InChI=1S/C11H14N2O2Si/c1-16(2,3)10-7-5-4-6-9(10)13-8-11(14)15-12-13/h4-8H,1-3H3/p+1. The zero-order valence-electron chi connectivity index (χ0n) is 9.65. The Kier molecular flexibility index (Phi) is 2.55. The molecule has 84 valence electrons. The lowest BCUT2D eigenvalue weighted by atomic mass is 10.3. The summed E-state index contributed by atoms with van der Waals surface area (Å²) in [5.74, 6) is 0. The topological polar surface area (TPSA) is 49.9 Å². The summed E-state index contributed by atoms with van der Waals surface area (Å²) in [6, 6.07) is 8.08. The van der Waals surface area contributed by atoms with Crippen LogP contribution in [0.1, 0.15) is 0 Å². The number of aromatic nitrogens is 2. The lowest BCUT2D eigenvalue weighted by molar-refractivity contribution is -0.669. The second-order valence-corrected chi connectivity index (χ2v) is 9.82. The highest BCUT2D eigenvalue weighted by Gasteiger charge is 2.26. The molecule has 1 heterocycles. The Morgan fingerprint density at radius 3 is 2.50 bits per heavy atom. The molecule has 16 heavy (non-hydrogen) atoms. The van der Waals surface area contributed by atoms with E-state index >= 15 is 0 Å². The molecule has 0 atom stereocenters. The van der Waals surface area contributed by atoms with Crippen molar-refractivity contribution in [2.75, 3.05) is 0 Å². The van der Waals surface area contributed by atoms with Crippen LogP contribution >= 0.6 is 0 Å². The number of para-hydroxylation sites is 1. The van der Waals surface area contributed by atoms with E-state index in [0.29, 0.717) is 0 Å². The van der Waals surface area contributed by atoms with Crippen LogP contribution in [0.2, 0.25) is 19.6 Å². The first-order chi connectivity index (χ1) is 7.48. The monoisotopic (exact) mass is 235 g/mol. The van der Waals surface area contributed by atoms with Crippen molar-refractivity contribution in [3.05, 3.63) is 40.9 Å². The van der Waals surface area contributed by atoms with Crippen molar-refractivity contribution in [3.63, 3.8) is 0 Å². The van der Waals surface area contributed by atoms with Gasteiger partial charge in [0.2, 0.25) is 5.69 Å². The van der Waals surface area contributed by atoms with Gasteiger partial charge in [-0.05, 0) is 9.95 Å². The smallest absolute Gasteiger partial charge is 0.283 e. The summed E-state index contributed by atoms with van der Waals surface area (Å²) < 4.78 is 6.32. The van der Waals surface area contributed by atoms with Gasteiger partial charge >= 0.3 is 5.63 Å². The molecular formula is C11H15N2O2Si+. The Morgan fingerprint density at radius 1 is 1.25 bits per heavy atom. The average Bonchev–Trinajstić information content (AvgIpc) is 2.64. The number of H-pyrrole nitrogens is 1. The second kappa shape index (κ2) is 3.75. The van der Waals surface area contributed by atoms with Crippen molar-refractivity contribution < 1.29 is 9.20 Å². The summed E-state index contributed by atoms with van der Waals surface area (Å²) in [4.78, 5) is 11.0. The molecule has 0 bridgehead atoms. The van der Waals surface area contributed by atoms with Gasteiger partial charge in [-0.15, -0.1) is 0 Å². The quantitative estimate of drug-likeness (QED) is 0.618. The van der Waals surface area contributed by atoms with Crippen LogP contribution in [-0.4, -0.2) is 13.3 Å². The fraction of sp³-hybridized carbons (Fsp3) is 0.273. The Balaban J connectivity index is 2.61. The lowest BCUT2D eigenvalue weighted by Gasteiger charge is -2.15. The third kappa shape index (κ3) is 1.99. The highest BCUT2D eigenvalue weighted by atomic mass is 28.3. The van der Waals surface area contributed by atoms with Gasteiger partial charge in [-0.2, -0.15) is 0 Å². The molecule has 1 aromatic heterocycles. The SMILES string of the molecule is C[Si](C)(C)c1ccccc1-[n+]1cc(=O)o[nH]1. The predicted molar refractivity (Wildman–Crippen MR) is 63.8 cm³/mol. The van der Waals surface area contributed by atoms with Gasteiger partial charge in [-0.1, -0.05) is 37.8 Å². The highest BCUT2D eigenvalue weighted by Crippen LogP contribution is 2.06. The fourth-order valence-corrected chi connectivity index (χ4v) is 3.26. The van der Waals surface area contributed by atoms with Crippen molar-refractivity contribution >= 4 is 13.3 Å². The Labute approximate surface area is 94.5 Å². The molecule has 2 aromatic rings. The highest BCUT2D eigenvalue weighted by molar-refractivity contribution is 6.89. The molecule has 5 heteroatoms. The van der Waals surface area contributed by atoms with E-state index in [1.54, 1.807) is 4.68 Å². The van der Waals surface area contributed by atoms with Gasteiger partial charge in [0.05, 0.1) is 8.07 Å². The van der Waals surface area contributed by atoms with Crippen molar-refractivity contribution in [1.82, 2.24) is 5.27 Å². The second-order valence-electron chi connectivity index (χ2n) is 4.78. The summed E-state index contributed by atoms with van der Waals surface area (Å²) in [5, 5.41) is 3.87. The molecule has 0 saturated carbocycles. The molecule has 0 unspecified atom stereocenters. The maximum absolute atomic E-state index is 11.0. The van der Waals surface area contributed by atoms with Crippen LogP contribution in [0.3, 0.4) is 0 Å². The van der Waals surface area contributed by atoms with Crippen LogP contribution in [-0.2, 0) is 0 Å². The van der Waals surface area contributed by atoms with Gasteiger partial charge in [0.25, 0.3) is 6.20 Å². The number of benzene rings is 1. The molecule has 0 fully saturated rings. The summed E-state index contributed by atoms with van der Waals surface area (Å²) in [6.45, 7) is 6.81. The van der Waals surface area contributed by atoms with Gasteiger partial charge in [0.15, 0.2) is 0 Å². The van der Waals surface area contributed by atoms with Crippen molar-refractivity contribution in [2.24, 2.45) is 0 Å². The molecule has 0 radical (unpaired) electrons. The third-order valence-corrected chi connectivity index (χ3v) is 4.49. The van der Waals surface area contributed by atoms with Crippen molar-refractivity contribution in [3.8, 4) is 5.69 Å². The van der Waals surface area contributed by atoms with Crippen molar-refractivity contribution in [2.45, 2.75) is 19.6 Å². The Hall–Kier alpha value is -1.62. The molecule has 0 aliphatic heterocycles. The Bertz CT molecular complexity index is 551. The van der Waals surface area contributed by atoms with Crippen LogP contribution in [0.15, 0.2) is 39.8 Å². The third-order valence-electron chi connectivity index (χ3n) is 2.45. The molecule has 0 amide bonds. The molecule has 1 N–H and O–H groups in total. The summed E-state index contributed by atoms with van der Waals surface area (Å²) in [6.07, 6.45) is 1.42. The lowest BCUT2D eigenvalue weighted by Crippen LogP contribution is -2.47. The van der Waals surface area contributed by atoms with E-state index in [9.17, 15) is 4.79 Å². The number of nitrogens with one attached hydrogen (secondary N) is 1. The van der Waals surface area contributed by atoms with Crippen molar-refractivity contribution in [1.29, 1.82) is 0 Å². The van der Waals surface area contributed by atoms with Crippen LogP contribution in [0.4, 0.5) is 0 Å². The van der Waals surface area contributed by atoms with Crippen LogP contribution in [0.25, 0.3) is 5.69 Å². The molecule has 2 rings (SSSR count). The van der Waals surface area contributed by atoms with E-state index in [0.717, 1.165) is 5.69 Å². The van der Waals surface area contributed by atoms with Crippen LogP contribution in [0.5, 0.6) is 0 Å². The molecule has 0 saturated heterocycles. The van der Waals surface area contributed by atoms with Gasteiger partial charge in [-0.25, -0.2) is 4.79 Å². The number of hydrogen-bond acceptors (Lipinski definition) is 2. The number of hydrogen-bond donors (Lipinski definition) is 1. The summed E-state index contributed by atoms with van der Waals surface area (Å²) >= 11 is 0. The molecular weight excluding hydrogens is 220 g/mol. The van der Waals surface area contributed by atoms with E-state index < -0.39 is 8.07 Å². The van der Waals surface area contributed by atoms with E-state index in [1.807, 2.05) is 18.2 Å². The first kappa shape index (κ1) is 10.9. The van der Waals surface area contributed by atoms with E-state index in [-0.39, 0.29) is 5.63 Å². The van der Waals surface area contributed by atoms with E-state index in [2.05, 4.69) is 35.5 Å². The molecule has 0 aliphatic rings. The zero-order chi connectivity index (χ0) is 11.8. The van der Waals surface area contributed by atoms with Gasteiger partial charge in [-0.3, -0.25) is 4.52 Å². The maximum Gasteiger partial charge on any atom is 0.427 e. The van der Waals surface area contributed by atoms with E-state index in [4.69, 9.17) is 0 Å². The van der Waals surface area contributed by atoms with E-state index in [1.165, 1.54) is 11.4 Å². The molecule has 0 spiro atoms. The minimum absolute atomic E-state index is 0.370. The average molecular weight is 235 g/mol. The molecule has 1 aromatic carbocycles. The minimum Gasteiger partial charge on any atom is -0.283 e. The van der Waals surface area contributed by atoms with Gasteiger partial charge in [0, 0.05) is 11.3 Å². The minimum atomic E-state index is -1.44. The fourth-order valence-electron chi connectivity index (χ4n) is 1.69. The first-order valence-electron chi connectivity index (χ1n) is 5.18.